The first-order valence-electron chi connectivity index (χ1n) is 5.90. The Labute approximate surface area is 118 Å². The molecule has 0 saturated carbocycles. The minimum Gasteiger partial charge on any atom is -0.368 e. The average Bonchev–Trinajstić information content (AvgIpc) is 2.89. The number of alkyl halides is 3. The molecule has 0 fully saturated rings. The van der Waals surface area contributed by atoms with E-state index in [1.807, 2.05) is 10.3 Å². The minimum absolute atomic E-state index is 0.0562. The first-order chi connectivity index (χ1) is 9.41. The number of benzene rings is 1. The first-order valence-corrected chi connectivity index (χ1v) is 6.84. The molecule has 1 aromatic carbocycles. The second-order valence-corrected chi connectivity index (χ2v) is 5.10. The molecule has 0 aliphatic carbocycles. The first kappa shape index (κ1) is 14.8. The topological polar surface area (TPSA) is 42.2 Å². The third-order valence-electron chi connectivity index (χ3n) is 2.92. The Hall–Kier alpha value is -1.60. The highest BCUT2D eigenvalue weighted by molar-refractivity contribution is 7.07. The van der Waals surface area contributed by atoms with E-state index in [1.54, 1.807) is 12.6 Å². The van der Waals surface area contributed by atoms with E-state index >= 15 is 0 Å². The lowest BCUT2D eigenvalue weighted by atomic mass is 10.1. The number of anilines is 1. The molecule has 1 heterocycles. The molecule has 0 aliphatic heterocycles. The number of nitrogens with zero attached hydrogens (tertiary/aromatic N) is 2. The van der Waals surface area contributed by atoms with Gasteiger partial charge in [0.15, 0.2) is 0 Å². The van der Waals surface area contributed by atoms with Gasteiger partial charge in [-0.1, -0.05) is 0 Å². The standard InChI is InChI=1S/C13H14F3N3S/c1-19(6-11-7-20-8-18-11)12-3-2-10(13(14,15)16)4-9(12)5-17/h2-4,7-8H,5-6,17H2,1H3. The van der Waals surface area contributed by atoms with Crippen LogP contribution in [0.2, 0.25) is 0 Å². The summed E-state index contributed by atoms with van der Waals surface area (Å²) in [6.45, 7) is 0.586. The summed E-state index contributed by atoms with van der Waals surface area (Å²) in [6.07, 6.45) is -4.35. The van der Waals surface area contributed by atoms with Crippen LogP contribution in [0.5, 0.6) is 0 Å². The molecule has 0 amide bonds. The molecule has 0 spiro atoms. The molecular weight excluding hydrogens is 287 g/mol. The van der Waals surface area contributed by atoms with Crippen LogP contribution in [0.15, 0.2) is 29.1 Å². The smallest absolute Gasteiger partial charge is 0.368 e. The van der Waals surface area contributed by atoms with Gasteiger partial charge in [0.25, 0.3) is 0 Å². The summed E-state index contributed by atoms with van der Waals surface area (Å²) >= 11 is 1.48. The maximum absolute atomic E-state index is 12.7. The van der Waals surface area contributed by atoms with Crippen molar-refractivity contribution in [1.29, 1.82) is 0 Å². The Kier molecular flexibility index (Phi) is 4.29. The van der Waals surface area contributed by atoms with E-state index < -0.39 is 11.7 Å². The van der Waals surface area contributed by atoms with Crippen molar-refractivity contribution < 1.29 is 13.2 Å². The summed E-state index contributed by atoms with van der Waals surface area (Å²) in [5, 5.41) is 1.91. The Morgan fingerprint density at radius 1 is 1.35 bits per heavy atom. The maximum Gasteiger partial charge on any atom is 0.416 e. The summed E-state index contributed by atoms with van der Waals surface area (Å²) in [6, 6.07) is 3.64. The molecule has 2 aromatic rings. The van der Waals surface area contributed by atoms with Crippen molar-refractivity contribution >= 4 is 17.0 Å². The average molecular weight is 301 g/mol. The van der Waals surface area contributed by atoms with Gasteiger partial charge >= 0.3 is 6.18 Å². The van der Waals surface area contributed by atoms with E-state index in [-0.39, 0.29) is 6.54 Å². The molecule has 0 aliphatic rings. The molecule has 0 atom stereocenters. The predicted octanol–water partition coefficient (Wildman–Crippen LogP) is 3.26. The van der Waals surface area contributed by atoms with Gasteiger partial charge < -0.3 is 10.6 Å². The Morgan fingerprint density at radius 3 is 2.65 bits per heavy atom. The summed E-state index contributed by atoms with van der Waals surface area (Å²) in [5.74, 6) is 0. The van der Waals surface area contributed by atoms with Gasteiger partial charge in [0.2, 0.25) is 0 Å². The number of nitrogens with two attached hydrogens (primary N) is 1. The molecule has 7 heteroatoms. The SMILES string of the molecule is CN(Cc1cscn1)c1ccc(C(F)(F)F)cc1CN. The van der Waals surface area contributed by atoms with E-state index in [2.05, 4.69) is 4.98 Å². The van der Waals surface area contributed by atoms with Gasteiger partial charge in [-0.3, -0.25) is 0 Å². The normalized spacial score (nSPS) is 11.7. The summed E-state index contributed by atoms with van der Waals surface area (Å²) in [4.78, 5) is 6.00. The largest absolute Gasteiger partial charge is 0.416 e. The Bertz CT molecular complexity index is 567. The van der Waals surface area contributed by atoms with Crippen LogP contribution in [0.25, 0.3) is 0 Å². The number of hydrogen-bond acceptors (Lipinski definition) is 4. The number of rotatable bonds is 4. The van der Waals surface area contributed by atoms with Gasteiger partial charge in [0, 0.05) is 24.7 Å². The van der Waals surface area contributed by atoms with Crippen LogP contribution in [0.4, 0.5) is 18.9 Å². The van der Waals surface area contributed by atoms with Gasteiger partial charge in [-0.15, -0.1) is 11.3 Å². The lowest BCUT2D eigenvalue weighted by Gasteiger charge is -2.22. The van der Waals surface area contributed by atoms with E-state index in [4.69, 9.17) is 5.73 Å². The third kappa shape index (κ3) is 3.29. The lowest BCUT2D eigenvalue weighted by Crippen LogP contribution is -2.20. The van der Waals surface area contributed by atoms with Crippen LogP contribution >= 0.6 is 11.3 Å². The second-order valence-electron chi connectivity index (χ2n) is 4.38. The summed E-state index contributed by atoms with van der Waals surface area (Å²) in [5.41, 5.74) is 8.65. The molecule has 3 nitrogen and oxygen atoms in total. The number of aromatic nitrogens is 1. The Morgan fingerprint density at radius 2 is 2.10 bits per heavy atom. The number of hydrogen-bond donors (Lipinski definition) is 1. The van der Waals surface area contributed by atoms with Gasteiger partial charge in [-0.25, -0.2) is 4.98 Å². The van der Waals surface area contributed by atoms with E-state index in [9.17, 15) is 13.2 Å². The van der Waals surface area contributed by atoms with Crippen molar-refractivity contribution in [2.75, 3.05) is 11.9 Å². The quantitative estimate of drug-likeness (QED) is 0.942. The van der Waals surface area contributed by atoms with Crippen molar-refractivity contribution in [3.63, 3.8) is 0 Å². The molecule has 108 valence electrons. The lowest BCUT2D eigenvalue weighted by molar-refractivity contribution is -0.137. The van der Waals surface area contributed by atoms with Crippen molar-refractivity contribution in [3.05, 3.63) is 45.9 Å². The molecule has 0 saturated heterocycles. The molecule has 0 radical (unpaired) electrons. The molecular formula is C13H14F3N3S. The van der Waals surface area contributed by atoms with Crippen molar-refractivity contribution in [2.45, 2.75) is 19.3 Å². The Balaban J connectivity index is 2.27. The molecule has 0 bridgehead atoms. The van der Waals surface area contributed by atoms with Crippen LogP contribution in [-0.2, 0) is 19.3 Å². The zero-order valence-electron chi connectivity index (χ0n) is 10.8. The monoisotopic (exact) mass is 301 g/mol. The van der Waals surface area contributed by atoms with Crippen LogP contribution in [0.1, 0.15) is 16.8 Å². The molecule has 2 N–H and O–H groups in total. The highest BCUT2D eigenvalue weighted by Gasteiger charge is 2.31. The zero-order valence-corrected chi connectivity index (χ0v) is 11.6. The molecule has 1 aromatic heterocycles. The van der Waals surface area contributed by atoms with Crippen LogP contribution in [0.3, 0.4) is 0 Å². The van der Waals surface area contributed by atoms with E-state index in [1.165, 1.54) is 17.4 Å². The van der Waals surface area contributed by atoms with E-state index in [0.717, 1.165) is 17.8 Å². The van der Waals surface area contributed by atoms with Crippen molar-refractivity contribution in [1.82, 2.24) is 4.98 Å². The van der Waals surface area contributed by atoms with Crippen molar-refractivity contribution in [2.24, 2.45) is 5.73 Å². The van der Waals surface area contributed by atoms with Gasteiger partial charge in [-0.05, 0) is 23.8 Å². The fraction of sp³-hybridized carbons (Fsp3) is 0.308. The third-order valence-corrected chi connectivity index (χ3v) is 3.56. The summed E-state index contributed by atoms with van der Waals surface area (Å²) < 4.78 is 38.0. The minimum atomic E-state index is -4.35. The highest BCUT2D eigenvalue weighted by Crippen LogP contribution is 2.32. The summed E-state index contributed by atoms with van der Waals surface area (Å²) in [7, 11) is 1.81. The van der Waals surface area contributed by atoms with Crippen molar-refractivity contribution in [3.8, 4) is 0 Å². The van der Waals surface area contributed by atoms with Gasteiger partial charge in [-0.2, -0.15) is 13.2 Å². The van der Waals surface area contributed by atoms with Gasteiger partial charge in [0.1, 0.15) is 0 Å². The molecule has 2 rings (SSSR count). The second kappa shape index (κ2) is 5.80. The zero-order chi connectivity index (χ0) is 14.8. The predicted molar refractivity (Wildman–Crippen MR) is 73.6 cm³/mol. The van der Waals surface area contributed by atoms with Gasteiger partial charge in [0.05, 0.1) is 23.3 Å². The number of thiazole rings is 1. The van der Waals surface area contributed by atoms with Crippen LogP contribution in [0, 0.1) is 0 Å². The number of halogens is 3. The van der Waals surface area contributed by atoms with E-state index in [0.29, 0.717) is 17.8 Å². The fourth-order valence-electron chi connectivity index (χ4n) is 1.94. The fourth-order valence-corrected chi connectivity index (χ4v) is 2.49. The van der Waals surface area contributed by atoms with Crippen LogP contribution < -0.4 is 10.6 Å². The molecule has 0 unspecified atom stereocenters. The van der Waals surface area contributed by atoms with Crippen LogP contribution in [-0.4, -0.2) is 12.0 Å². The highest BCUT2D eigenvalue weighted by atomic mass is 32.1. The maximum atomic E-state index is 12.7. The molecule has 20 heavy (non-hydrogen) atoms.